The van der Waals surface area contributed by atoms with Crippen molar-refractivity contribution in [1.82, 2.24) is 5.32 Å². The van der Waals surface area contributed by atoms with Gasteiger partial charge in [0.05, 0.1) is 29.3 Å². The predicted molar refractivity (Wildman–Crippen MR) is 118 cm³/mol. The van der Waals surface area contributed by atoms with E-state index in [1.807, 2.05) is 6.92 Å². The molecule has 0 aromatic heterocycles. The first-order valence-electron chi connectivity index (χ1n) is 8.78. The van der Waals surface area contributed by atoms with Gasteiger partial charge >= 0.3 is 5.97 Å². The molecule has 0 aliphatic heterocycles. The molecule has 9 heteroatoms. The summed E-state index contributed by atoms with van der Waals surface area (Å²) >= 11 is 17.3. The fourth-order valence-corrected chi connectivity index (χ4v) is 2.95. The highest BCUT2D eigenvalue weighted by molar-refractivity contribution is 7.80. The molecule has 0 aliphatic rings. The van der Waals surface area contributed by atoms with Crippen LogP contribution in [0.15, 0.2) is 36.4 Å². The Balaban J connectivity index is 2.03. The number of carbonyl (C=O) groups is 2. The summed E-state index contributed by atoms with van der Waals surface area (Å²) in [7, 11) is 1.49. The second-order valence-electron chi connectivity index (χ2n) is 5.94. The molecule has 0 aliphatic carbocycles. The average molecular weight is 455 g/mol. The SMILES string of the molecule is CCCCOC(=O)c1cc(NC(=S)NC(=O)c2ccc(OC)c(Cl)c2)ccc1Cl. The number of hydrogen-bond donors (Lipinski definition) is 2. The summed E-state index contributed by atoms with van der Waals surface area (Å²) in [6.45, 7) is 2.32. The number of rotatable bonds is 7. The molecule has 6 nitrogen and oxygen atoms in total. The number of hydrogen-bond acceptors (Lipinski definition) is 5. The summed E-state index contributed by atoms with van der Waals surface area (Å²) < 4.78 is 10.2. The van der Waals surface area contributed by atoms with Crippen LogP contribution >= 0.6 is 35.4 Å². The van der Waals surface area contributed by atoms with Gasteiger partial charge in [0.15, 0.2) is 5.11 Å². The number of esters is 1. The van der Waals surface area contributed by atoms with Gasteiger partial charge in [0, 0.05) is 11.3 Å². The summed E-state index contributed by atoms with van der Waals surface area (Å²) in [5.41, 5.74) is 1.01. The largest absolute Gasteiger partial charge is 0.495 e. The van der Waals surface area contributed by atoms with Gasteiger partial charge in [-0.05, 0) is 55.0 Å². The number of benzene rings is 2. The molecule has 2 aromatic rings. The number of ether oxygens (including phenoxy) is 2. The van der Waals surface area contributed by atoms with Crippen LogP contribution in [0, 0.1) is 0 Å². The molecular weight excluding hydrogens is 435 g/mol. The fourth-order valence-electron chi connectivity index (χ4n) is 2.29. The van der Waals surface area contributed by atoms with Crippen molar-refractivity contribution in [3.63, 3.8) is 0 Å². The molecule has 0 fully saturated rings. The van der Waals surface area contributed by atoms with Crippen LogP contribution in [0.3, 0.4) is 0 Å². The van der Waals surface area contributed by atoms with Crippen molar-refractivity contribution in [2.24, 2.45) is 0 Å². The standard InChI is InChI=1S/C20H20Cl2N2O4S/c1-3-4-9-28-19(26)14-11-13(6-7-15(14)21)23-20(29)24-18(25)12-5-8-17(27-2)16(22)10-12/h5-8,10-11H,3-4,9H2,1-2H3,(H2,23,24,25,29). The zero-order valence-electron chi connectivity index (χ0n) is 15.9. The van der Waals surface area contributed by atoms with Crippen molar-refractivity contribution >= 4 is 58.1 Å². The lowest BCUT2D eigenvalue weighted by Crippen LogP contribution is -2.34. The molecule has 0 radical (unpaired) electrons. The molecular formula is C20H20Cl2N2O4S. The fraction of sp³-hybridized carbons (Fsp3) is 0.250. The lowest BCUT2D eigenvalue weighted by Gasteiger charge is -2.12. The molecule has 154 valence electrons. The number of halogens is 2. The van der Waals surface area contributed by atoms with Crippen molar-refractivity contribution in [1.29, 1.82) is 0 Å². The summed E-state index contributed by atoms with van der Waals surface area (Å²) in [4.78, 5) is 24.5. The zero-order chi connectivity index (χ0) is 21.4. The number of thiocarbonyl (C=S) groups is 1. The summed E-state index contributed by atoms with van der Waals surface area (Å²) in [6, 6.07) is 9.32. The van der Waals surface area contributed by atoms with Crippen LogP contribution in [0.4, 0.5) is 5.69 Å². The van der Waals surface area contributed by atoms with E-state index in [1.165, 1.54) is 19.2 Å². The van der Waals surface area contributed by atoms with Gasteiger partial charge in [0.25, 0.3) is 5.91 Å². The van der Waals surface area contributed by atoms with Crippen LogP contribution in [-0.4, -0.2) is 30.7 Å². The second kappa shape index (κ2) is 11.0. The zero-order valence-corrected chi connectivity index (χ0v) is 18.2. The van der Waals surface area contributed by atoms with Crippen LogP contribution in [-0.2, 0) is 4.74 Å². The highest BCUT2D eigenvalue weighted by Gasteiger charge is 2.14. The lowest BCUT2D eigenvalue weighted by atomic mass is 10.2. The van der Waals surface area contributed by atoms with Gasteiger partial charge in [0.1, 0.15) is 5.75 Å². The van der Waals surface area contributed by atoms with Crippen molar-refractivity contribution < 1.29 is 19.1 Å². The first-order valence-corrected chi connectivity index (χ1v) is 9.94. The molecule has 29 heavy (non-hydrogen) atoms. The number of nitrogens with one attached hydrogen (secondary N) is 2. The minimum absolute atomic E-state index is 0.0505. The van der Waals surface area contributed by atoms with E-state index in [2.05, 4.69) is 10.6 Å². The number of anilines is 1. The molecule has 0 atom stereocenters. The minimum Gasteiger partial charge on any atom is -0.495 e. The third kappa shape index (κ3) is 6.59. The quantitative estimate of drug-likeness (QED) is 0.344. The maximum atomic E-state index is 12.3. The molecule has 1 amide bonds. The Morgan fingerprint density at radius 2 is 1.86 bits per heavy atom. The molecule has 0 spiro atoms. The topological polar surface area (TPSA) is 76.7 Å². The Labute approximate surface area is 184 Å². The maximum Gasteiger partial charge on any atom is 0.339 e. The highest BCUT2D eigenvalue weighted by atomic mass is 35.5. The van der Waals surface area contributed by atoms with E-state index in [1.54, 1.807) is 24.3 Å². The molecule has 2 rings (SSSR count). The Bertz CT molecular complexity index is 921. The normalized spacial score (nSPS) is 10.2. The molecule has 0 unspecified atom stereocenters. The Hall–Kier alpha value is -2.35. The lowest BCUT2D eigenvalue weighted by molar-refractivity contribution is 0.0500. The van der Waals surface area contributed by atoms with Crippen LogP contribution in [0.2, 0.25) is 10.0 Å². The number of methoxy groups -OCH3 is 1. The maximum absolute atomic E-state index is 12.3. The van der Waals surface area contributed by atoms with Gasteiger partial charge in [-0.1, -0.05) is 36.5 Å². The molecule has 0 saturated carbocycles. The monoisotopic (exact) mass is 454 g/mol. The average Bonchev–Trinajstić information content (AvgIpc) is 2.69. The van der Waals surface area contributed by atoms with Crippen LogP contribution in [0.1, 0.15) is 40.5 Å². The van der Waals surface area contributed by atoms with Crippen LogP contribution < -0.4 is 15.4 Å². The number of carbonyl (C=O) groups excluding carboxylic acids is 2. The Morgan fingerprint density at radius 1 is 1.10 bits per heavy atom. The van der Waals surface area contributed by atoms with E-state index in [0.717, 1.165) is 12.8 Å². The van der Waals surface area contributed by atoms with E-state index >= 15 is 0 Å². The van der Waals surface area contributed by atoms with E-state index in [0.29, 0.717) is 28.6 Å². The third-order valence-corrected chi connectivity index (χ3v) is 4.65. The minimum atomic E-state index is -0.519. The van der Waals surface area contributed by atoms with Crippen molar-refractivity contribution in [2.45, 2.75) is 19.8 Å². The first-order chi connectivity index (χ1) is 13.8. The van der Waals surface area contributed by atoms with Gasteiger partial charge < -0.3 is 14.8 Å². The smallest absolute Gasteiger partial charge is 0.339 e. The van der Waals surface area contributed by atoms with Gasteiger partial charge in [-0.3, -0.25) is 10.1 Å². The highest BCUT2D eigenvalue weighted by Crippen LogP contribution is 2.25. The molecule has 0 bridgehead atoms. The molecule has 0 saturated heterocycles. The van der Waals surface area contributed by atoms with Crippen molar-refractivity contribution in [2.75, 3.05) is 19.0 Å². The van der Waals surface area contributed by atoms with Gasteiger partial charge in [-0.2, -0.15) is 0 Å². The molecule has 2 aromatic carbocycles. The van der Waals surface area contributed by atoms with Crippen LogP contribution in [0.25, 0.3) is 0 Å². The Kier molecular flexibility index (Phi) is 8.70. The summed E-state index contributed by atoms with van der Waals surface area (Å²) in [5.74, 6) is -0.501. The van der Waals surface area contributed by atoms with Crippen molar-refractivity contribution in [3.05, 3.63) is 57.6 Å². The van der Waals surface area contributed by atoms with Gasteiger partial charge in [-0.15, -0.1) is 0 Å². The number of unbranched alkanes of at least 4 members (excludes halogenated alkanes) is 1. The van der Waals surface area contributed by atoms with Crippen LogP contribution in [0.5, 0.6) is 5.75 Å². The van der Waals surface area contributed by atoms with E-state index in [-0.39, 0.29) is 15.7 Å². The van der Waals surface area contributed by atoms with Gasteiger partial charge in [-0.25, -0.2) is 4.79 Å². The van der Waals surface area contributed by atoms with Crippen molar-refractivity contribution in [3.8, 4) is 5.75 Å². The third-order valence-electron chi connectivity index (χ3n) is 3.82. The molecule has 2 N–H and O–H groups in total. The van der Waals surface area contributed by atoms with E-state index in [4.69, 9.17) is 44.9 Å². The van der Waals surface area contributed by atoms with E-state index in [9.17, 15) is 9.59 Å². The van der Waals surface area contributed by atoms with Gasteiger partial charge in [0.2, 0.25) is 0 Å². The summed E-state index contributed by atoms with van der Waals surface area (Å²) in [5, 5.41) is 6.01. The Morgan fingerprint density at radius 3 is 2.52 bits per heavy atom. The molecule has 0 heterocycles. The first kappa shape index (κ1) is 22.9. The summed E-state index contributed by atoms with van der Waals surface area (Å²) in [6.07, 6.45) is 1.68. The predicted octanol–water partition coefficient (Wildman–Crippen LogP) is 5.09. The van der Waals surface area contributed by atoms with E-state index < -0.39 is 11.9 Å². The number of amides is 1. The second-order valence-corrected chi connectivity index (χ2v) is 7.16.